The molecule has 3 heteroatoms. The number of nitrogens with one attached hydrogen (secondary N) is 1. The molecule has 1 aromatic rings. The zero-order valence-electron chi connectivity index (χ0n) is 9.24. The third-order valence-electron chi connectivity index (χ3n) is 3.17. The fourth-order valence-electron chi connectivity index (χ4n) is 2.34. The topological polar surface area (TPSA) is 21.3 Å². The van der Waals surface area contributed by atoms with Crippen LogP contribution in [0.5, 0.6) is 0 Å². The minimum atomic E-state index is 0.680. The van der Waals surface area contributed by atoms with Gasteiger partial charge in [0.15, 0.2) is 0 Å². The molecule has 0 spiro atoms. The van der Waals surface area contributed by atoms with E-state index < -0.39 is 0 Å². The van der Waals surface area contributed by atoms with E-state index in [1.54, 1.807) is 0 Å². The molecule has 1 saturated heterocycles. The molecule has 1 unspecified atom stereocenters. The molecule has 15 heavy (non-hydrogen) atoms. The molecular formula is C12H19NOS. The van der Waals surface area contributed by atoms with Crippen LogP contribution in [0.15, 0.2) is 17.5 Å². The predicted molar refractivity (Wildman–Crippen MR) is 64.5 cm³/mol. The summed E-state index contributed by atoms with van der Waals surface area (Å²) in [5.41, 5.74) is 0. The lowest BCUT2D eigenvalue weighted by Crippen LogP contribution is -2.28. The second-order valence-corrected chi connectivity index (χ2v) is 5.11. The van der Waals surface area contributed by atoms with E-state index >= 15 is 0 Å². The molecule has 1 atom stereocenters. The molecule has 0 aliphatic carbocycles. The van der Waals surface area contributed by atoms with E-state index in [2.05, 4.69) is 22.8 Å². The molecule has 0 radical (unpaired) electrons. The highest BCUT2D eigenvalue weighted by molar-refractivity contribution is 7.10. The van der Waals surface area contributed by atoms with Gasteiger partial charge in [0.05, 0.1) is 0 Å². The van der Waals surface area contributed by atoms with Gasteiger partial charge in [-0.25, -0.2) is 0 Å². The van der Waals surface area contributed by atoms with Crippen LogP contribution in [0, 0.1) is 5.92 Å². The van der Waals surface area contributed by atoms with Gasteiger partial charge in [0, 0.05) is 30.6 Å². The summed E-state index contributed by atoms with van der Waals surface area (Å²) in [6.07, 6.45) is 2.43. The first-order valence-electron chi connectivity index (χ1n) is 5.67. The summed E-state index contributed by atoms with van der Waals surface area (Å²) in [6.45, 7) is 2.97. The van der Waals surface area contributed by atoms with Gasteiger partial charge in [-0.15, -0.1) is 11.3 Å². The predicted octanol–water partition coefficient (Wildman–Crippen LogP) is 2.48. The van der Waals surface area contributed by atoms with Crippen LogP contribution in [-0.4, -0.2) is 26.8 Å². The highest BCUT2D eigenvalue weighted by atomic mass is 32.1. The van der Waals surface area contributed by atoms with E-state index in [-0.39, 0.29) is 0 Å². The van der Waals surface area contributed by atoms with Crippen LogP contribution >= 0.6 is 11.3 Å². The van der Waals surface area contributed by atoms with Gasteiger partial charge in [-0.2, -0.15) is 0 Å². The molecule has 84 valence electrons. The summed E-state index contributed by atoms with van der Waals surface area (Å²) in [5.74, 6) is 1.48. The number of thiophene rings is 1. The maximum absolute atomic E-state index is 5.43. The fraction of sp³-hybridized carbons (Fsp3) is 0.667. The van der Waals surface area contributed by atoms with Gasteiger partial charge in [0.1, 0.15) is 0 Å². The molecule has 0 saturated carbocycles. The summed E-state index contributed by atoms with van der Waals surface area (Å²) in [6, 6.07) is 4.42. The van der Waals surface area contributed by atoms with Crippen molar-refractivity contribution < 1.29 is 4.74 Å². The van der Waals surface area contributed by atoms with Gasteiger partial charge in [-0.05, 0) is 37.3 Å². The van der Waals surface area contributed by atoms with Crippen LogP contribution in [0.2, 0.25) is 0 Å². The Morgan fingerprint density at radius 3 is 2.93 bits per heavy atom. The quantitative estimate of drug-likeness (QED) is 0.850. The number of hydrogen-bond acceptors (Lipinski definition) is 3. The first-order chi connectivity index (χ1) is 7.42. The lowest BCUT2D eigenvalue weighted by molar-refractivity contribution is 0.0582. The van der Waals surface area contributed by atoms with Gasteiger partial charge in [0.2, 0.25) is 0 Å². The molecule has 2 rings (SSSR count). The van der Waals surface area contributed by atoms with Crippen molar-refractivity contribution in [1.82, 2.24) is 5.32 Å². The summed E-state index contributed by atoms with van der Waals surface area (Å²) < 4.78 is 5.43. The molecule has 0 bridgehead atoms. The van der Waals surface area contributed by atoms with Crippen molar-refractivity contribution in [3.05, 3.63) is 22.4 Å². The smallest absolute Gasteiger partial charge is 0.0468 e. The maximum Gasteiger partial charge on any atom is 0.0468 e. The van der Waals surface area contributed by atoms with Gasteiger partial charge in [-0.3, -0.25) is 0 Å². The average Bonchev–Trinajstić information content (AvgIpc) is 2.80. The minimum Gasteiger partial charge on any atom is -0.381 e. The van der Waals surface area contributed by atoms with E-state index in [1.165, 1.54) is 17.7 Å². The second kappa shape index (κ2) is 5.64. The molecule has 0 amide bonds. The van der Waals surface area contributed by atoms with Crippen LogP contribution in [-0.2, 0) is 4.74 Å². The Morgan fingerprint density at radius 2 is 2.33 bits per heavy atom. The van der Waals surface area contributed by atoms with Crippen molar-refractivity contribution in [1.29, 1.82) is 0 Å². The van der Waals surface area contributed by atoms with Gasteiger partial charge >= 0.3 is 0 Å². The third kappa shape index (κ3) is 2.80. The molecule has 1 aromatic heterocycles. The first kappa shape index (κ1) is 11.1. The Hall–Kier alpha value is -0.380. The number of ether oxygens (including phenoxy) is 1. The summed E-state index contributed by atoms with van der Waals surface area (Å²) in [7, 11) is 2.04. The highest BCUT2D eigenvalue weighted by Crippen LogP contribution is 2.33. The fourth-order valence-corrected chi connectivity index (χ4v) is 3.26. The van der Waals surface area contributed by atoms with Crippen molar-refractivity contribution >= 4 is 11.3 Å². The summed E-state index contributed by atoms with van der Waals surface area (Å²) in [4.78, 5) is 1.52. The highest BCUT2D eigenvalue weighted by Gasteiger charge is 2.25. The Kier molecular flexibility index (Phi) is 4.18. The zero-order chi connectivity index (χ0) is 10.5. The Bertz CT molecular complexity index is 267. The van der Waals surface area contributed by atoms with E-state index in [4.69, 9.17) is 4.74 Å². The molecule has 0 aromatic carbocycles. The SMILES string of the molecule is CNCC(c1cccs1)C1CCOCC1. The lowest BCUT2D eigenvalue weighted by Gasteiger charge is -2.29. The van der Waals surface area contributed by atoms with Crippen molar-refractivity contribution in [3.8, 4) is 0 Å². The second-order valence-electron chi connectivity index (χ2n) is 4.13. The van der Waals surface area contributed by atoms with Crippen LogP contribution < -0.4 is 5.32 Å². The third-order valence-corrected chi connectivity index (χ3v) is 4.17. The Morgan fingerprint density at radius 1 is 1.53 bits per heavy atom. The van der Waals surface area contributed by atoms with Gasteiger partial charge < -0.3 is 10.1 Å². The lowest BCUT2D eigenvalue weighted by atomic mass is 9.85. The molecule has 1 aliphatic rings. The van der Waals surface area contributed by atoms with Gasteiger partial charge in [0.25, 0.3) is 0 Å². The van der Waals surface area contributed by atoms with Crippen LogP contribution in [0.1, 0.15) is 23.6 Å². The van der Waals surface area contributed by atoms with Gasteiger partial charge in [-0.1, -0.05) is 6.07 Å². The number of hydrogen-bond donors (Lipinski definition) is 1. The first-order valence-corrected chi connectivity index (χ1v) is 6.55. The normalized spacial score (nSPS) is 20.3. The van der Waals surface area contributed by atoms with E-state index in [0.717, 1.165) is 25.7 Å². The van der Waals surface area contributed by atoms with Crippen molar-refractivity contribution in [2.75, 3.05) is 26.8 Å². The largest absolute Gasteiger partial charge is 0.381 e. The van der Waals surface area contributed by atoms with Crippen LogP contribution in [0.3, 0.4) is 0 Å². The van der Waals surface area contributed by atoms with E-state index in [0.29, 0.717) is 5.92 Å². The molecule has 1 fully saturated rings. The monoisotopic (exact) mass is 225 g/mol. The standard InChI is InChI=1S/C12H19NOS/c1-13-9-11(12-3-2-8-15-12)10-4-6-14-7-5-10/h2-3,8,10-11,13H,4-7,9H2,1H3. The van der Waals surface area contributed by atoms with Crippen molar-refractivity contribution in [3.63, 3.8) is 0 Å². The molecule has 2 heterocycles. The van der Waals surface area contributed by atoms with Crippen LogP contribution in [0.25, 0.3) is 0 Å². The molecule has 1 aliphatic heterocycles. The van der Waals surface area contributed by atoms with E-state index in [1.807, 2.05) is 18.4 Å². The molecule has 2 nitrogen and oxygen atoms in total. The maximum atomic E-state index is 5.43. The summed E-state index contributed by atoms with van der Waals surface area (Å²) in [5, 5.41) is 5.50. The number of likely N-dealkylation sites (N-methyl/N-ethyl adjacent to an activating group) is 1. The Balaban J connectivity index is 2.04. The molecule has 1 N–H and O–H groups in total. The average molecular weight is 225 g/mol. The summed E-state index contributed by atoms with van der Waals surface area (Å²) >= 11 is 1.88. The number of rotatable bonds is 4. The van der Waals surface area contributed by atoms with E-state index in [9.17, 15) is 0 Å². The van der Waals surface area contributed by atoms with Crippen molar-refractivity contribution in [2.24, 2.45) is 5.92 Å². The molecular weight excluding hydrogens is 206 g/mol. The van der Waals surface area contributed by atoms with Crippen LogP contribution in [0.4, 0.5) is 0 Å². The zero-order valence-corrected chi connectivity index (χ0v) is 10.1. The Labute approximate surface area is 95.6 Å². The minimum absolute atomic E-state index is 0.680. The van der Waals surface area contributed by atoms with Crippen molar-refractivity contribution in [2.45, 2.75) is 18.8 Å².